The average Bonchev–Trinajstić information content (AvgIpc) is 3.04. The number of thiazole rings is 1. The summed E-state index contributed by atoms with van der Waals surface area (Å²) in [4.78, 5) is 16.0. The number of thiophene rings is 1. The summed E-state index contributed by atoms with van der Waals surface area (Å²) in [6, 6.07) is 1.49. The first-order chi connectivity index (χ1) is 9.49. The molecule has 2 aromatic heterocycles. The molecule has 6 nitrogen and oxygen atoms in total. The molecule has 104 valence electrons. The molecule has 0 atom stereocenters. The van der Waals surface area contributed by atoms with Crippen molar-refractivity contribution in [1.82, 2.24) is 4.98 Å². The van der Waals surface area contributed by atoms with E-state index in [-0.39, 0.29) is 21.1 Å². The highest BCUT2D eigenvalue weighted by molar-refractivity contribution is 7.93. The number of carbonyl (C=O) groups excluding carboxylic acids is 1. The van der Waals surface area contributed by atoms with Crippen LogP contribution in [0.5, 0.6) is 0 Å². The fourth-order valence-electron chi connectivity index (χ4n) is 1.83. The molecule has 0 radical (unpaired) electrons. The fourth-order valence-corrected chi connectivity index (χ4v) is 5.18. The molecular formula is C11H8N2O4S3. The topological polar surface area (TPSA) is 96.4 Å². The standard InChI is InChI=1S/C11H8N2O4S3/c14-8-6-1-3-18-10(6)20(16,17)5-7(8)9(15)13-11-12-2-4-19-11/h1-4,14H,5H2,(H,12,13,15). The Morgan fingerprint density at radius 2 is 2.15 bits per heavy atom. The maximum atomic E-state index is 12.1. The second-order valence-corrected chi connectivity index (χ2v) is 7.99. The molecule has 9 heteroatoms. The van der Waals surface area contributed by atoms with E-state index in [0.29, 0.717) is 5.13 Å². The van der Waals surface area contributed by atoms with E-state index < -0.39 is 21.5 Å². The van der Waals surface area contributed by atoms with Gasteiger partial charge < -0.3 is 5.11 Å². The number of anilines is 1. The van der Waals surface area contributed by atoms with Crippen LogP contribution in [0.4, 0.5) is 5.13 Å². The van der Waals surface area contributed by atoms with Crippen LogP contribution in [0.1, 0.15) is 5.56 Å². The predicted molar refractivity (Wildman–Crippen MR) is 76.7 cm³/mol. The van der Waals surface area contributed by atoms with Gasteiger partial charge in [-0.05, 0) is 11.4 Å². The molecule has 0 unspecified atom stereocenters. The molecule has 1 aliphatic rings. The van der Waals surface area contributed by atoms with Crippen LogP contribution < -0.4 is 5.32 Å². The number of aliphatic hydroxyl groups is 1. The minimum atomic E-state index is -3.58. The first kappa shape index (κ1) is 13.3. The molecule has 2 N–H and O–H groups in total. The first-order valence-corrected chi connectivity index (χ1v) is 8.84. The number of rotatable bonds is 2. The Labute approximate surface area is 122 Å². The number of aromatic nitrogens is 1. The zero-order valence-electron chi connectivity index (χ0n) is 9.86. The molecule has 3 rings (SSSR count). The Kier molecular flexibility index (Phi) is 3.11. The number of hydrogen-bond donors (Lipinski definition) is 2. The molecule has 20 heavy (non-hydrogen) atoms. The van der Waals surface area contributed by atoms with Gasteiger partial charge in [0.1, 0.15) is 9.97 Å². The largest absolute Gasteiger partial charge is 0.507 e. The second kappa shape index (κ2) is 4.69. The Balaban J connectivity index is 2.02. The van der Waals surface area contributed by atoms with Crippen molar-refractivity contribution in [3.63, 3.8) is 0 Å². The first-order valence-electron chi connectivity index (χ1n) is 5.42. The molecule has 0 saturated heterocycles. The maximum absolute atomic E-state index is 12.1. The monoisotopic (exact) mass is 328 g/mol. The van der Waals surface area contributed by atoms with Gasteiger partial charge in [0.05, 0.1) is 11.3 Å². The summed E-state index contributed by atoms with van der Waals surface area (Å²) in [5.41, 5.74) is 0.0247. The minimum absolute atomic E-state index is 0.0980. The number of aliphatic hydroxyl groups excluding tert-OH is 1. The zero-order chi connectivity index (χ0) is 14.3. The van der Waals surface area contributed by atoms with Crippen molar-refractivity contribution in [3.8, 4) is 0 Å². The number of sulfone groups is 1. The van der Waals surface area contributed by atoms with E-state index in [2.05, 4.69) is 10.3 Å². The van der Waals surface area contributed by atoms with Gasteiger partial charge in [0, 0.05) is 17.1 Å². The van der Waals surface area contributed by atoms with E-state index in [9.17, 15) is 18.3 Å². The Hall–Kier alpha value is -1.71. The van der Waals surface area contributed by atoms with Gasteiger partial charge in [-0.15, -0.1) is 22.7 Å². The highest BCUT2D eigenvalue weighted by Gasteiger charge is 2.34. The minimum Gasteiger partial charge on any atom is -0.507 e. The third-order valence-electron chi connectivity index (χ3n) is 2.71. The summed E-state index contributed by atoms with van der Waals surface area (Å²) in [5.74, 6) is -1.45. The van der Waals surface area contributed by atoms with E-state index in [0.717, 1.165) is 11.3 Å². The van der Waals surface area contributed by atoms with Crippen LogP contribution in [0.15, 0.2) is 32.8 Å². The molecule has 0 fully saturated rings. The van der Waals surface area contributed by atoms with Crippen molar-refractivity contribution >= 4 is 49.3 Å². The number of nitrogens with one attached hydrogen (secondary N) is 1. The van der Waals surface area contributed by atoms with Gasteiger partial charge in [-0.3, -0.25) is 10.1 Å². The lowest BCUT2D eigenvalue weighted by Gasteiger charge is -2.16. The summed E-state index contributed by atoms with van der Waals surface area (Å²) >= 11 is 2.24. The predicted octanol–water partition coefficient (Wildman–Crippen LogP) is 1.90. The number of hydrogen-bond acceptors (Lipinski definition) is 7. The van der Waals surface area contributed by atoms with Gasteiger partial charge in [-0.25, -0.2) is 13.4 Å². The van der Waals surface area contributed by atoms with Crippen molar-refractivity contribution < 1.29 is 18.3 Å². The van der Waals surface area contributed by atoms with E-state index >= 15 is 0 Å². The summed E-state index contributed by atoms with van der Waals surface area (Å²) in [7, 11) is -3.58. The molecule has 0 spiro atoms. The van der Waals surface area contributed by atoms with Gasteiger partial charge in [0.2, 0.25) is 0 Å². The van der Waals surface area contributed by atoms with Crippen molar-refractivity contribution in [2.45, 2.75) is 4.21 Å². The SMILES string of the molecule is O=C(Nc1nccs1)C1=C(O)c2ccsc2S(=O)(=O)C1. The lowest BCUT2D eigenvalue weighted by Crippen LogP contribution is -2.25. The normalized spacial score (nSPS) is 16.8. The molecule has 2 aromatic rings. The third kappa shape index (κ3) is 2.13. The highest BCUT2D eigenvalue weighted by Crippen LogP contribution is 2.36. The number of carbonyl (C=O) groups is 1. The summed E-state index contributed by atoms with van der Waals surface area (Å²) in [5, 5.41) is 16.2. The smallest absolute Gasteiger partial charge is 0.258 e. The lowest BCUT2D eigenvalue weighted by atomic mass is 10.1. The van der Waals surface area contributed by atoms with Crippen LogP contribution in [0.25, 0.3) is 5.76 Å². The van der Waals surface area contributed by atoms with Crippen LogP contribution in [0.3, 0.4) is 0 Å². The molecule has 0 saturated carbocycles. The van der Waals surface area contributed by atoms with E-state index in [1.54, 1.807) is 10.8 Å². The zero-order valence-corrected chi connectivity index (χ0v) is 12.3. The van der Waals surface area contributed by atoms with Gasteiger partial charge in [0.15, 0.2) is 15.0 Å². The lowest BCUT2D eigenvalue weighted by molar-refractivity contribution is -0.112. The van der Waals surface area contributed by atoms with Gasteiger partial charge >= 0.3 is 0 Å². The number of fused-ring (bicyclic) bond motifs is 1. The molecule has 1 aliphatic heterocycles. The van der Waals surface area contributed by atoms with Crippen LogP contribution in [-0.2, 0) is 14.6 Å². The highest BCUT2D eigenvalue weighted by atomic mass is 32.2. The van der Waals surface area contributed by atoms with E-state index in [4.69, 9.17) is 0 Å². The van der Waals surface area contributed by atoms with Crippen LogP contribution in [-0.4, -0.2) is 30.2 Å². The van der Waals surface area contributed by atoms with Crippen molar-refractivity contribution in [1.29, 1.82) is 0 Å². The average molecular weight is 328 g/mol. The molecule has 1 amide bonds. The third-order valence-corrected chi connectivity index (χ3v) is 6.61. The van der Waals surface area contributed by atoms with Gasteiger partial charge in [-0.2, -0.15) is 0 Å². The fraction of sp³-hybridized carbons (Fsp3) is 0.0909. The maximum Gasteiger partial charge on any atom is 0.258 e. The quantitative estimate of drug-likeness (QED) is 0.877. The van der Waals surface area contributed by atoms with Crippen LogP contribution in [0, 0.1) is 0 Å². The van der Waals surface area contributed by atoms with E-state index in [1.807, 2.05) is 0 Å². The van der Waals surface area contributed by atoms with Crippen molar-refractivity contribution in [3.05, 3.63) is 34.2 Å². The Morgan fingerprint density at radius 3 is 2.85 bits per heavy atom. The van der Waals surface area contributed by atoms with Crippen LogP contribution in [0.2, 0.25) is 0 Å². The summed E-state index contributed by atoms with van der Waals surface area (Å²) in [6.45, 7) is 0. The molecule has 0 aliphatic carbocycles. The number of nitrogens with zero attached hydrogens (tertiary/aromatic N) is 1. The molecular weight excluding hydrogens is 320 g/mol. The molecule has 3 heterocycles. The van der Waals surface area contributed by atoms with Crippen molar-refractivity contribution in [2.75, 3.05) is 11.1 Å². The Bertz CT molecular complexity index is 803. The van der Waals surface area contributed by atoms with Crippen LogP contribution >= 0.6 is 22.7 Å². The van der Waals surface area contributed by atoms with Crippen molar-refractivity contribution in [2.24, 2.45) is 0 Å². The second-order valence-electron chi connectivity index (χ2n) is 4.00. The molecule has 0 bridgehead atoms. The van der Waals surface area contributed by atoms with Gasteiger partial charge in [-0.1, -0.05) is 0 Å². The Morgan fingerprint density at radius 1 is 1.35 bits per heavy atom. The summed E-state index contributed by atoms with van der Waals surface area (Å²) < 4.78 is 24.2. The summed E-state index contributed by atoms with van der Waals surface area (Å²) in [6.07, 6.45) is 1.52. The van der Waals surface area contributed by atoms with E-state index in [1.165, 1.54) is 23.6 Å². The van der Waals surface area contributed by atoms with Gasteiger partial charge in [0.25, 0.3) is 5.91 Å². The molecule has 0 aromatic carbocycles. The number of amides is 1.